The summed E-state index contributed by atoms with van der Waals surface area (Å²) in [6.45, 7) is 8.53. The van der Waals surface area contributed by atoms with Crippen molar-refractivity contribution in [2.24, 2.45) is 10.2 Å². The Hall–Kier alpha value is -2.81. The van der Waals surface area contributed by atoms with Crippen molar-refractivity contribution >= 4 is 49.5 Å². The van der Waals surface area contributed by atoms with Gasteiger partial charge in [0.05, 0.1) is 11.8 Å². The van der Waals surface area contributed by atoms with Gasteiger partial charge in [-0.2, -0.15) is 13.2 Å². The summed E-state index contributed by atoms with van der Waals surface area (Å²) in [5, 5.41) is 15.7. The maximum atomic E-state index is 13.0. The van der Waals surface area contributed by atoms with Gasteiger partial charge in [-0.05, 0) is 56.7 Å². The Labute approximate surface area is 236 Å². The third-order valence-electron chi connectivity index (χ3n) is 6.50. The van der Waals surface area contributed by atoms with Crippen molar-refractivity contribution in [3.05, 3.63) is 22.7 Å². The van der Waals surface area contributed by atoms with Crippen LogP contribution in [0.1, 0.15) is 81.6 Å². The van der Waals surface area contributed by atoms with Crippen molar-refractivity contribution in [2.45, 2.75) is 91.0 Å². The number of fused-ring (bicyclic) bond motifs is 1. The minimum Gasteiger partial charge on any atom is -0.457 e. The fraction of sp³-hybridized carbons (Fsp3) is 0.640. The molecule has 0 aliphatic carbocycles. The first kappa shape index (κ1) is 31.7. The van der Waals surface area contributed by atoms with Crippen LogP contribution in [0.4, 0.5) is 35.4 Å². The van der Waals surface area contributed by atoms with Crippen molar-refractivity contribution in [3.63, 3.8) is 0 Å². The topological polar surface area (TPSA) is 126 Å². The molecule has 0 amide bonds. The lowest BCUT2D eigenvalue weighted by molar-refractivity contribution is -0.106. The molecule has 15 heteroatoms. The fourth-order valence-corrected chi connectivity index (χ4v) is 5.91. The highest BCUT2D eigenvalue weighted by Crippen LogP contribution is 2.41. The van der Waals surface area contributed by atoms with Gasteiger partial charge in [-0.3, -0.25) is 4.72 Å². The number of alkyl halides is 3. The van der Waals surface area contributed by atoms with Crippen molar-refractivity contribution in [3.8, 4) is 0 Å². The van der Waals surface area contributed by atoms with Crippen LogP contribution in [-0.2, 0) is 21.2 Å². The maximum absolute atomic E-state index is 13.0. The monoisotopic (exact) mass is 604 g/mol. The lowest BCUT2D eigenvalue weighted by Crippen LogP contribution is -2.39. The van der Waals surface area contributed by atoms with Gasteiger partial charge in [-0.25, -0.2) is 13.2 Å². The van der Waals surface area contributed by atoms with Gasteiger partial charge in [0.1, 0.15) is 5.69 Å². The number of azo groups is 1. The summed E-state index contributed by atoms with van der Waals surface area (Å²) in [6, 6.07) is 3.41. The van der Waals surface area contributed by atoms with Crippen LogP contribution in [0.2, 0.25) is 0 Å². The van der Waals surface area contributed by atoms with Crippen LogP contribution in [0.15, 0.2) is 22.4 Å². The number of anilines is 2. The number of ether oxygens (including phenoxy) is 1. The van der Waals surface area contributed by atoms with Crippen molar-refractivity contribution in [2.75, 3.05) is 21.9 Å². The molecular formula is C25H35F3N6O4S2. The molecule has 2 aromatic rings. The SMILES string of the molecule is CCCCCN1c2cc(NS(=O)(=O)CC(F)(F)F)c(N=Nc3nnc(C(=O)OC(C)CC)s3)cc2CCC1CC. The molecule has 3 rings (SSSR count). The van der Waals surface area contributed by atoms with Crippen LogP contribution in [0, 0.1) is 0 Å². The number of halogens is 3. The Balaban J connectivity index is 1.99. The minimum atomic E-state index is -4.92. The highest BCUT2D eigenvalue weighted by Gasteiger charge is 2.36. The zero-order valence-electron chi connectivity index (χ0n) is 23.0. The van der Waals surface area contributed by atoms with Gasteiger partial charge in [-0.1, -0.05) is 44.9 Å². The summed E-state index contributed by atoms with van der Waals surface area (Å²) in [6.07, 6.45) is 0.826. The first-order chi connectivity index (χ1) is 18.9. The summed E-state index contributed by atoms with van der Waals surface area (Å²) in [7, 11) is -4.78. The molecule has 0 fully saturated rings. The molecule has 0 saturated heterocycles. The fourth-order valence-electron chi connectivity index (χ4n) is 4.36. The molecule has 2 heterocycles. The Morgan fingerprint density at radius 2 is 1.98 bits per heavy atom. The zero-order valence-corrected chi connectivity index (χ0v) is 24.6. The van der Waals surface area contributed by atoms with Crippen LogP contribution < -0.4 is 9.62 Å². The summed E-state index contributed by atoms with van der Waals surface area (Å²) < 4.78 is 71.1. The molecule has 0 bridgehead atoms. The van der Waals surface area contributed by atoms with E-state index in [9.17, 15) is 26.4 Å². The summed E-state index contributed by atoms with van der Waals surface area (Å²) in [4.78, 5) is 14.4. The molecule has 2 unspecified atom stereocenters. The summed E-state index contributed by atoms with van der Waals surface area (Å²) in [5.74, 6) is -2.69. The second-order valence-electron chi connectivity index (χ2n) is 9.69. The van der Waals surface area contributed by atoms with E-state index < -0.39 is 27.9 Å². The van der Waals surface area contributed by atoms with E-state index in [0.29, 0.717) is 12.8 Å². The highest BCUT2D eigenvalue weighted by molar-refractivity contribution is 7.92. The molecule has 1 N–H and O–H groups in total. The molecule has 0 saturated carbocycles. The van der Waals surface area contributed by atoms with E-state index in [4.69, 9.17) is 4.74 Å². The van der Waals surface area contributed by atoms with Gasteiger partial charge in [0.25, 0.3) is 5.13 Å². The van der Waals surface area contributed by atoms with Crippen LogP contribution in [0.25, 0.3) is 0 Å². The van der Waals surface area contributed by atoms with E-state index in [1.807, 2.05) is 6.92 Å². The smallest absolute Gasteiger partial charge is 0.404 e. The van der Waals surface area contributed by atoms with E-state index in [2.05, 4.69) is 43.9 Å². The largest absolute Gasteiger partial charge is 0.457 e. The number of aromatic nitrogens is 2. The van der Waals surface area contributed by atoms with Crippen molar-refractivity contribution in [1.29, 1.82) is 0 Å². The molecule has 222 valence electrons. The van der Waals surface area contributed by atoms with Gasteiger partial charge < -0.3 is 9.64 Å². The molecule has 1 aromatic heterocycles. The van der Waals surface area contributed by atoms with Crippen LogP contribution in [0.3, 0.4) is 0 Å². The van der Waals surface area contributed by atoms with Gasteiger partial charge in [0, 0.05) is 18.3 Å². The third kappa shape index (κ3) is 8.85. The number of carbonyl (C=O) groups excluding carboxylic acids is 1. The zero-order chi connectivity index (χ0) is 29.5. The van der Waals surface area contributed by atoms with E-state index in [0.717, 1.165) is 61.2 Å². The van der Waals surface area contributed by atoms with E-state index in [1.54, 1.807) is 19.1 Å². The summed E-state index contributed by atoms with van der Waals surface area (Å²) >= 11 is 0.830. The molecule has 0 spiro atoms. The first-order valence-electron chi connectivity index (χ1n) is 13.3. The number of sulfonamides is 1. The molecule has 1 aliphatic heterocycles. The van der Waals surface area contributed by atoms with E-state index in [1.165, 1.54) is 0 Å². The average molecular weight is 605 g/mol. The normalized spacial score (nSPS) is 16.7. The average Bonchev–Trinajstić information content (AvgIpc) is 3.35. The molecule has 2 atom stereocenters. The lowest BCUT2D eigenvalue weighted by Gasteiger charge is -2.39. The molecule has 1 aromatic carbocycles. The maximum Gasteiger partial charge on any atom is 0.404 e. The number of aryl methyl sites for hydroxylation is 1. The van der Waals surface area contributed by atoms with Gasteiger partial charge in [0.2, 0.25) is 15.0 Å². The van der Waals surface area contributed by atoms with Gasteiger partial charge >= 0.3 is 12.1 Å². The molecule has 1 aliphatic rings. The van der Waals surface area contributed by atoms with E-state index in [-0.39, 0.29) is 33.7 Å². The molecule has 40 heavy (non-hydrogen) atoms. The molecule has 10 nitrogen and oxygen atoms in total. The Morgan fingerprint density at radius 1 is 1.23 bits per heavy atom. The second kappa shape index (κ2) is 13.7. The number of hydrogen-bond donors (Lipinski definition) is 1. The predicted molar refractivity (Wildman–Crippen MR) is 148 cm³/mol. The Bertz CT molecular complexity index is 1300. The van der Waals surface area contributed by atoms with Gasteiger partial charge in [-0.15, -0.1) is 20.4 Å². The van der Waals surface area contributed by atoms with Crippen molar-refractivity contribution in [1.82, 2.24) is 10.2 Å². The number of unbranched alkanes of at least 4 members (excludes halogenated alkanes) is 2. The van der Waals surface area contributed by atoms with Crippen LogP contribution in [0.5, 0.6) is 0 Å². The third-order valence-corrected chi connectivity index (χ3v) is 8.53. The van der Waals surface area contributed by atoms with Crippen molar-refractivity contribution < 1.29 is 31.1 Å². The number of carbonyl (C=O) groups is 1. The number of nitrogens with zero attached hydrogens (tertiary/aromatic N) is 5. The number of esters is 1. The lowest BCUT2D eigenvalue weighted by atomic mass is 9.93. The Morgan fingerprint density at radius 3 is 2.62 bits per heavy atom. The number of benzene rings is 1. The van der Waals surface area contributed by atoms with E-state index >= 15 is 0 Å². The molecular weight excluding hydrogens is 569 g/mol. The van der Waals surface area contributed by atoms with Crippen LogP contribution >= 0.6 is 11.3 Å². The predicted octanol–water partition coefficient (Wildman–Crippen LogP) is 6.93. The standard InChI is InChI=1S/C25H35F3N6O4S2/c1-5-8-9-12-34-18(7-3)11-10-17-13-19(20(14-21(17)34)33-40(36,37)15-25(26,27)28)29-31-24-32-30-22(39-24)23(35)38-16(4)6-2/h13-14,16,18,33H,5-12,15H2,1-4H3. The number of nitrogens with one attached hydrogen (secondary N) is 1. The highest BCUT2D eigenvalue weighted by atomic mass is 32.2. The first-order valence-corrected chi connectivity index (χ1v) is 15.8. The van der Waals surface area contributed by atoms with Gasteiger partial charge in [0.15, 0.2) is 5.75 Å². The molecule has 0 radical (unpaired) electrons. The second-order valence-corrected chi connectivity index (χ2v) is 12.4. The van der Waals surface area contributed by atoms with Crippen LogP contribution in [-0.4, -0.2) is 55.2 Å². The number of hydrogen-bond acceptors (Lipinski definition) is 10. The number of rotatable bonds is 13. The minimum absolute atomic E-state index is 0.00478. The Kier molecular flexibility index (Phi) is 10.9. The quantitative estimate of drug-likeness (QED) is 0.149. The summed E-state index contributed by atoms with van der Waals surface area (Å²) in [5.41, 5.74) is 1.57.